The molecule has 7 nitrogen and oxygen atoms in total. The molecule has 2 aromatic carbocycles. The van der Waals surface area contributed by atoms with E-state index in [4.69, 9.17) is 10.5 Å². The van der Waals surface area contributed by atoms with Gasteiger partial charge >= 0.3 is 5.97 Å². The van der Waals surface area contributed by atoms with Crippen molar-refractivity contribution in [1.29, 1.82) is 0 Å². The van der Waals surface area contributed by atoms with Gasteiger partial charge in [-0.05, 0) is 69.7 Å². The van der Waals surface area contributed by atoms with Crippen LogP contribution in [0.4, 0.5) is 15.8 Å². The molecule has 0 spiro atoms. The van der Waals surface area contributed by atoms with Gasteiger partial charge in [0.05, 0.1) is 5.56 Å². The lowest BCUT2D eigenvalue weighted by atomic mass is 10.1. The molecule has 2 rings (SSSR count). The van der Waals surface area contributed by atoms with Crippen molar-refractivity contribution in [2.24, 2.45) is 0 Å². The number of carbonyl (C=O) groups excluding carboxylic acids is 3. The summed E-state index contributed by atoms with van der Waals surface area (Å²) in [7, 11) is 0. The molecule has 0 saturated carbocycles. The summed E-state index contributed by atoms with van der Waals surface area (Å²) in [6.07, 6.45) is 0. The van der Waals surface area contributed by atoms with E-state index in [1.54, 1.807) is 32.9 Å². The van der Waals surface area contributed by atoms with Gasteiger partial charge in [0.2, 0.25) is 5.91 Å². The zero-order valence-electron chi connectivity index (χ0n) is 17.5. The first kappa shape index (κ1) is 22.9. The maximum atomic E-state index is 13.0. The van der Waals surface area contributed by atoms with Crippen LogP contribution in [0.1, 0.15) is 36.7 Å². The second kappa shape index (κ2) is 9.39. The van der Waals surface area contributed by atoms with E-state index < -0.39 is 35.7 Å². The summed E-state index contributed by atoms with van der Waals surface area (Å²) in [6.45, 7) is 6.32. The number of benzene rings is 2. The number of hydrogen-bond acceptors (Lipinski definition) is 5. The Morgan fingerprint density at radius 2 is 1.73 bits per heavy atom. The third kappa shape index (κ3) is 6.30. The van der Waals surface area contributed by atoms with Crippen LogP contribution in [-0.4, -0.2) is 41.4 Å². The number of nitrogens with two attached hydrogens (primary N) is 1. The summed E-state index contributed by atoms with van der Waals surface area (Å²) in [4.78, 5) is 38.6. The molecule has 0 aliphatic carbocycles. The fourth-order valence-electron chi connectivity index (χ4n) is 2.63. The first-order valence-corrected chi connectivity index (χ1v) is 9.36. The highest BCUT2D eigenvalue weighted by molar-refractivity contribution is 5.96. The molecule has 0 heterocycles. The summed E-state index contributed by atoms with van der Waals surface area (Å²) in [5.41, 5.74) is 7.02. The summed E-state index contributed by atoms with van der Waals surface area (Å²) < 4.78 is 18.1. The molecule has 30 heavy (non-hydrogen) atoms. The van der Waals surface area contributed by atoms with Gasteiger partial charge in [-0.2, -0.15) is 0 Å². The predicted molar refractivity (Wildman–Crippen MR) is 112 cm³/mol. The molecule has 0 aromatic heterocycles. The molecule has 3 N–H and O–H groups in total. The van der Waals surface area contributed by atoms with Crippen LogP contribution in [0.2, 0.25) is 0 Å². The van der Waals surface area contributed by atoms with E-state index in [0.29, 0.717) is 11.4 Å². The fourth-order valence-corrected chi connectivity index (χ4v) is 2.63. The van der Waals surface area contributed by atoms with Crippen LogP contribution in [0, 0.1) is 12.7 Å². The number of halogens is 1. The van der Waals surface area contributed by atoms with Crippen molar-refractivity contribution < 1.29 is 23.5 Å². The minimum Gasteiger partial charge on any atom is -0.452 e. The number of nitrogens with zero attached hydrogens (tertiary/aromatic N) is 1. The van der Waals surface area contributed by atoms with Gasteiger partial charge in [-0.15, -0.1) is 0 Å². The van der Waals surface area contributed by atoms with Gasteiger partial charge < -0.3 is 20.7 Å². The first-order chi connectivity index (χ1) is 14.0. The van der Waals surface area contributed by atoms with Crippen LogP contribution in [0.15, 0.2) is 42.5 Å². The van der Waals surface area contributed by atoms with Crippen LogP contribution in [0.5, 0.6) is 0 Å². The molecule has 0 fully saturated rings. The van der Waals surface area contributed by atoms with Crippen molar-refractivity contribution in [3.63, 3.8) is 0 Å². The number of carbonyl (C=O) groups is 3. The molecule has 0 radical (unpaired) electrons. The number of esters is 1. The maximum absolute atomic E-state index is 13.0. The SMILES string of the molecule is Cc1ccc(C(=O)OCC(=O)N(CC(=O)Nc2ccc(F)cc2)C(C)(C)C)cc1N. The Balaban J connectivity index is 2.00. The second-order valence-corrected chi connectivity index (χ2v) is 7.85. The molecule has 0 aliphatic heterocycles. The highest BCUT2D eigenvalue weighted by atomic mass is 19.1. The van der Waals surface area contributed by atoms with Gasteiger partial charge in [-0.1, -0.05) is 6.07 Å². The molecule has 2 aromatic rings. The molecular weight excluding hydrogens is 389 g/mol. The first-order valence-electron chi connectivity index (χ1n) is 9.36. The van der Waals surface area contributed by atoms with Crippen LogP contribution in [0.25, 0.3) is 0 Å². The van der Waals surface area contributed by atoms with Crippen molar-refractivity contribution in [1.82, 2.24) is 4.90 Å². The molecule has 0 atom stereocenters. The third-order valence-electron chi connectivity index (χ3n) is 4.38. The van der Waals surface area contributed by atoms with Crippen LogP contribution in [-0.2, 0) is 14.3 Å². The second-order valence-electron chi connectivity index (χ2n) is 7.85. The van der Waals surface area contributed by atoms with Crippen LogP contribution >= 0.6 is 0 Å². The number of nitrogen functional groups attached to an aromatic ring is 1. The fraction of sp³-hybridized carbons (Fsp3) is 0.318. The zero-order valence-corrected chi connectivity index (χ0v) is 17.5. The number of hydrogen-bond donors (Lipinski definition) is 2. The molecule has 160 valence electrons. The molecule has 2 amide bonds. The lowest BCUT2D eigenvalue weighted by molar-refractivity contribution is -0.142. The topological polar surface area (TPSA) is 102 Å². The number of ether oxygens (including phenoxy) is 1. The molecule has 0 bridgehead atoms. The largest absolute Gasteiger partial charge is 0.452 e. The summed E-state index contributed by atoms with van der Waals surface area (Å²) in [5, 5.41) is 2.61. The molecule has 0 unspecified atom stereocenters. The average Bonchev–Trinajstić information content (AvgIpc) is 2.67. The lowest BCUT2D eigenvalue weighted by Gasteiger charge is -2.35. The van der Waals surface area contributed by atoms with Gasteiger partial charge in [0.25, 0.3) is 5.91 Å². The summed E-state index contributed by atoms with van der Waals surface area (Å²) in [6, 6.07) is 10.0. The zero-order chi connectivity index (χ0) is 22.5. The standard InChI is InChI=1S/C22H26FN3O4/c1-14-5-6-15(11-18(14)24)21(29)30-13-20(28)26(22(2,3)4)12-19(27)25-17-9-7-16(23)8-10-17/h5-11H,12-13,24H2,1-4H3,(H,25,27). The van der Waals surface area contributed by atoms with Crippen LogP contribution in [0.3, 0.4) is 0 Å². The van der Waals surface area contributed by atoms with Crippen molar-refractivity contribution in [2.75, 3.05) is 24.2 Å². The Hall–Kier alpha value is -3.42. The summed E-state index contributed by atoms with van der Waals surface area (Å²) >= 11 is 0. The number of amides is 2. The number of anilines is 2. The van der Waals surface area contributed by atoms with Gasteiger partial charge in [0.1, 0.15) is 12.4 Å². The third-order valence-corrected chi connectivity index (χ3v) is 4.38. The van der Waals surface area contributed by atoms with E-state index in [9.17, 15) is 18.8 Å². The quantitative estimate of drug-likeness (QED) is 0.557. The van der Waals surface area contributed by atoms with Gasteiger partial charge in [0.15, 0.2) is 6.61 Å². The Bertz CT molecular complexity index is 936. The normalized spacial score (nSPS) is 11.0. The minimum atomic E-state index is -0.697. The highest BCUT2D eigenvalue weighted by Gasteiger charge is 2.29. The number of rotatable bonds is 6. The van der Waals surface area contributed by atoms with Crippen molar-refractivity contribution in [3.8, 4) is 0 Å². The van der Waals surface area contributed by atoms with Crippen molar-refractivity contribution in [3.05, 3.63) is 59.4 Å². The van der Waals surface area contributed by atoms with Crippen LogP contribution < -0.4 is 11.1 Å². The smallest absolute Gasteiger partial charge is 0.338 e. The Morgan fingerprint density at radius 1 is 1.10 bits per heavy atom. The molecular formula is C22H26FN3O4. The summed E-state index contributed by atoms with van der Waals surface area (Å²) in [5.74, 6) is -2.08. The van der Waals surface area contributed by atoms with E-state index in [0.717, 1.165) is 5.56 Å². The molecule has 0 aliphatic rings. The number of aryl methyl sites for hydroxylation is 1. The average molecular weight is 415 g/mol. The Labute approximate surface area is 175 Å². The van der Waals surface area contributed by atoms with E-state index >= 15 is 0 Å². The minimum absolute atomic E-state index is 0.238. The highest BCUT2D eigenvalue weighted by Crippen LogP contribution is 2.16. The van der Waals surface area contributed by atoms with Gasteiger partial charge in [-0.3, -0.25) is 9.59 Å². The van der Waals surface area contributed by atoms with E-state index in [2.05, 4.69) is 5.32 Å². The van der Waals surface area contributed by atoms with E-state index in [1.165, 1.54) is 35.2 Å². The molecule has 0 saturated heterocycles. The maximum Gasteiger partial charge on any atom is 0.338 e. The van der Waals surface area contributed by atoms with Crippen molar-refractivity contribution in [2.45, 2.75) is 33.2 Å². The van der Waals surface area contributed by atoms with E-state index in [1.807, 2.05) is 6.92 Å². The van der Waals surface area contributed by atoms with Gasteiger partial charge in [0, 0.05) is 16.9 Å². The Morgan fingerprint density at radius 3 is 2.30 bits per heavy atom. The van der Waals surface area contributed by atoms with E-state index in [-0.39, 0.29) is 12.1 Å². The number of nitrogens with one attached hydrogen (secondary N) is 1. The monoisotopic (exact) mass is 415 g/mol. The van der Waals surface area contributed by atoms with Gasteiger partial charge in [-0.25, -0.2) is 9.18 Å². The Kier molecular flexibility index (Phi) is 7.15. The molecule has 8 heteroatoms. The predicted octanol–water partition coefficient (Wildman–Crippen LogP) is 3.14. The lowest BCUT2D eigenvalue weighted by Crippen LogP contribution is -2.50. The van der Waals surface area contributed by atoms with Crippen molar-refractivity contribution >= 4 is 29.2 Å².